The summed E-state index contributed by atoms with van der Waals surface area (Å²) in [5.74, 6) is 0.518. The molecule has 1 fully saturated rings. The summed E-state index contributed by atoms with van der Waals surface area (Å²) in [6.45, 7) is 5.10. The summed E-state index contributed by atoms with van der Waals surface area (Å²) < 4.78 is 5.45. The van der Waals surface area contributed by atoms with Gasteiger partial charge in [0.1, 0.15) is 0 Å². The van der Waals surface area contributed by atoms with Gasteiger partial charge < -0.3 is 10.1 Å². The van der Waals surface area contributed by atoms with Gasteiger partial charge in [-0.25, -0.2) is 4.98 Å². The molecule has 1 saturated heterocycles. The third-order valence-electron chi connectivity index (χ3n) is 3.04. The molecule has 1 aliphatic rings. The number of aromatic nitrogens is 1. The molecule has 4 heteroatoms. The lowest BCUT2D eigenvalue weighted by Gasteiger charge is -2.18. The highest BCUT2D eigenvalue weighted by Gasteiger charge is 2.14. The van der Waals surface area contributed by atoms with E-state index in [4.69, 9.17) is 4.74 Å². The first-order valence-corrected chi connectivity index (χ1v) is 6.94. The lowest BCUT2D eigenvalue weighted by atomic mass is 10.1. The Labute approximate surface area is 101 Å². The Morgan fingerprint density at radius 1 is 1.56 bits per heavy atom. The number of rotatable bonds is 4. The van der Waals surface area contributed by atoms with Gasteiger partial charge in [0.15, 0.2) is 0 Å². The van der Waals surface area contributed by atoms with E-state index in [-0.39, 0.29) is 0 Å². The Balaban J connectivity index is 1.73. The Morgan fingerprint density at radius 3 is 3.31 bits per heavy atom. The van der Waals surface area contributed by atoms with E-state index in [1.54, 1.807) is 11.3 Å². The summed E-state index contributed by atoms with van der Waals surface area (Å²) >= 11 is 1.75. The van der Waals surface area contributed by atoms with E-state index in [9.17, 15) is 0 Å². The molecule has 0 spiro atoms. The maximum atomic E-state index is 5.45. The third-order valence-corrected chi connectivity index (χ3v) is 4.04. The largest absolute Gasteiger partial charge is 0.381 e. The number of nitrogens with one attached hydrogen (secondary N) is 1. The monoisotopic (exact) mass is 240 g/mol. The van der Waals surface area contributed by atoms with Crippen LogP contribution in [0.5, 0.6) is 0 Å². The minimum absolute atomic E-state index is 0.518. The molecule has 1 aromatic heterocycles. The molecule has 0 amide bonds. The van der Waals surface area contributed by atoms with Gasteiger partial charge in [-0.1, -0.05) is 6.92 Å². The van der Waals surface area contributed by atoms with Crippen LogP contribution in [0.25, 0.3) is 0 Å². The fourth-order valence-corrected chi connectivity index (χ4v) is 2.72. The van der Waals surface area contributed by atoms with Gasteiger partial charge in [-0.15, -0.1) is 11.3 Å². The van der Waals surface area contributed by atoms with Crippen LogP contribution in [0.1, 0.15) is 37.1 Å². The summed E-state index contributed by atoms with van der Waals surface area (Å²) in [4.78, 5) is 4.35. The molecule has 0 aliphatic carbocycles. The zero-order valence-electron chi connectivity index (χ0n) is 9.82. The topological polar surface area (TPSA) is 34.1 Å². The summed E-state index contributed by atoms with van der Waals surface area (Å²) in [5, 5.41) is 6.92. The number of hydrogen-bond donors (Lipinski definition) is 1. The first-order valence-electron chi connectivity index (χ1n) is 6.07. The minimum atomic E-state index is 0.518. The van der Waals surface area contributed by atoms with E-state index >= 15 is 0 Å². The molecule has 1 aromatic rings. The zero-order chi connectivity index (χ0) is 11.2. The van der Waals surface area contributed by atoms with Crippen molar-refractivity contribution in [3.05, 3.63) is 16.6 Å². The molecule has 2 rings (SSSR count). The predicted molar refractivity (Wildman–Crippen MR) is 67.0 cm³/mol. The highest BCUT2D eigenvalue weighted by atomic mass is 32.1. The molecule has 0 aromatic carbocycles. The standard InChI is InChI=1S/C12H20N2OS/c1-10(12-13-5-8-16-12)9-14-11-3-2-6-15-7-4-11/h5,8,10-11,14H,2-4,6-7,9H2,1H3. The third kappa shape index (κ3) is 3.54. The molecule has 16 heavy (non-hydrogen) atoms. The summed E-state index contributed by atoms with van der Waals surface area (Å²) in [7, 11) is 0. The van der Waals surface area contributed by atoms with Crippen LogP contribution in [-0.4, -0.2) is 30.8 Å². The fourth-order valence-electron chi connectivity index (χ4n) is 2.02. The van der Waals surface area contributed by atoms with Gasteiger partial charge in [0, 0.05) is 43.3 Å². The first-order chi connectivity index (χ1) is 7.86. The smallest absolute Gasteiger partial charge is 0.0965 e. The number of nitrogens with zero attached hydrogens (tertiary/aromatic N) is 1. The Hall–Kier alpha value is -0.450. The molecule has 1 aliphatic heterocycles. The van der Waals surface area contributed by atoms with E-state index < -0.39 is 0 Å². The van der Waals surface area contributed by atoms with Gasteiger partial charge in [0.2, 0.25) is 0 Å². The van der Waals surface area contributed by atoms with Crippen LogP contribution in [0, 0.1) is 0 Å². The van der Waals surface area contributed by atoms with Crippen molar-refractivity contribution in [3.8, 4) is 0 Å². The second-order valence-electron chi connectivity index (χ2n) is 4.42. The average Bonchev–Trinajstić information content (AvgIpc) is 2.71. The van der Waals surface area contributed by atoms with E-state index in [2.05, 4.69) is 17.2 Å². The molecular formula is C12H20N2OS. The molecule has 2 atom stereocenters. The molecular weight excluding hydrogens is 220 g/mol. The van der Waals surface area contributed by atoms with Crippen molar-refractivity contribution < 1.29 is 4.74 Å². The molecule has 3 nitrogen and oxygen atoms in total. The molecule has 2 unspecified atom stereocenters. The second-order valence-corrected chi connectivity index (χ2v) is 5.35. The van der Waals surface area contributed by atoms with Crippen LogP contribution in [0.4, 0.5) is 0 Å². The van der Waals surface area contributed by atoms with Gasteiger partial charge >= 0.3 is 0 Å². The highest BCUT2D eigenvalue weighted by molar-refractivity contribution is 7.09. The van der Waals surface area contributed by atoms with Crippen molar-refractivity contribution >= 4 is 11.3 Å². The quantitative estimate of drug-likeness (QED) is 0.877. The summed E-state index contributed by atoms with van der Waals surface area (Å²) in [5.41, 5.74) is 0. The number of hydrogen-bond acceptors (Lipinski definition) is 4. The molecule has 90 valence electrons. The predicted octanol–water partition coefficient (Wildman–Crippen LogP) is 2.41. The van der Waals surface area contributed by atoms with Gasteiger partial charge in [-0.2, -0.15) is 0 Å². The average molecular weight is 240 g/mol. The normalized spacial score (nSPS) is 23.9. The molecule has 0 bridgehead atoms. The van der Waals surface area contributed by atoms with Gasteiger partial charge in [0.05, 0.1) is 5.01 Å². The Bertz CT molecular complexity index is 281. The van der Waals surface area contributed by atoms with E-state index in [1.807, 2.05) is 11.6 Å². The van der Waals surface area contributed by atoms with Crippen molar-refractivity contribution in [1.82, 2.24) is 10.3 Å². The van der Waals surface area contributed by atoms with E-state index in [0.29, 0.717) is 12.0 Å². The van der Waals surface area contributed by atoms with Crippen LogP contribution in [0.3, 0.4) is 0 Å². The van der Waals surface area contributed by atoms with Crippen molar-refractivity contribution in [2.75, 3.05) is 19.8 Å². The highest BCUT2D eigenvalue weighted by Crippen LogP contribution is 2.17. The maximum absolute atomic E-state index is 5.45. The van der Waals surface area contributed by atoms with Gasteiger partial charge in [-0.3, -0.25) is 0 Å². The van der Waals surface area contributed by atoms with Crippen LogP contribution in [0.15, 0.2) is 11.6 Å². The van der Waals surface area contributed by atoms with Crippen LogP contribution in [0.2, 0.25) is 0 Å². The second kappa shape index (κ2) is 6.33. The Kier molecular flexibility index (Phi) is 4.75. The van der Waals surface area contributed by atoms with Crippen LogP contribution >= 0.6 is 11.3 Å². The summed E-state index contributed by atoms with van der Waals surface area (Å²) in [6.07, 6.45) is 5.45. The Morgan fingerprint density at radius 2 is 2.50 bits per heavy atom. The maximum Gasteiger partial charge on any atom is 0.0965 e. The van der Waals surface area contributed by atoms with E-state index in [1.165, 1.54) is 17.8 Å². The number of ether oxygens (including phenoxy) is 1. The van der Waals surface area contributed by atoms with Crippen molar-refractivity contribution in [1.29, 1.82) is 0 Å². The number of thiazole rings is 1. The molecule has 1 N–H and O–H groups in total. The van der Waals surface area contributed by atoms with Gasteiger partial charge in [-0.05, 0) is 19.3 Å². The zero-order valence-corrected chi connectivity index (χ0v) is 10.6. The van der Waals surface area contributed by atoms with Crippen LogP contribution in [-0.2, 0) is 4.74 Å². The van der Waals surface area contributed by atoms with Crippen molar-refractivity contribution in [3.63, 3.8) is 0 Å². The van der Waals surface area contributed by atoms with E-state index in [0.717, 1.165) is 26.2 Å². The molecule has 2 heterocycles. The first kappa shape index (κ1) is 12.0. The SMILES string of the molecule is CC(CNC1CCCOCC1)c1nccs1. The van der Waals surface area contributed by atoms with Gasteiger partial charge in [0.25, 0.3) is 0 Å². The summed E-state index contributed by atoms with van der Waals surface area (Å²) in [6, 6.07) is 0.630. The fraction of sp³-hybridized carbons (Fsp3) is 0.750. The lowest BCUT2D eigenvalue weighted by Crippen LogP contribution is -2.32. The molecule has 0 radical (unpaired) electrons. The molecule has 0 saturated carbocycles. The lowest BCUT2D eigenvalue weighted by molar-refractivity contribution is 0.142. The minimum Gasteiger partial charge on any atom is -0.381 e. The van der Waals surface area contributed by atoms with Crippen molar-refractivity contribution in [2.45, 2.75) is 38.1 Å². The van der Waals surface area contributed by atoms with Crippen LogP contribution < -0.4 is 5.32 Å². The van der Waals surface area contributed by atoms with Crippen molar-refractivity contribution in [2.24, 2.45) is 0 Å².